The molecule has 2 aromatic carbocycles. The molecule has 162 valence electrons. The molecule has 7 heteroatoms. The van der Waals surface area contributed by atoms with Crippen LogP contribution in [0.3, 0.4) is 0 Å². The smallest absolute Gasteiger partial charge is 0.327 e. The van der Waals surface area contributed by atoms with Gasteiger partial charge in [0.15, 0.2) is 12.1 Å². The first-order chi connectivity index (χ1) is 14.9. The van der Waals surface area contributed by atoms with Crippen molar-refractivity contribution in [1.82, 2.24) is 15.8 Å². The number of quaternary nitrogens is 1. The second-order valence-corrected chi connectivity index (χ2v) is 8.87. The minimum atomic E-state index is -1.38. The van der Waals surface area contributed by atoms with Crippen LogP contribution >= 0.6 is 0 Å². The fraction of sp³-hybridized carbons (Fsp3) is 0.375. The Labute approximate surface area is 182 Å². The SMILES string of the molecule is C[C@@H]1C[C@@H](C)C[NH+](CC(=O)NN2C(=O)NC(c3ccccc3)(c3ccccc3)C2=O)C1. The molecule has 2 aliphatic heterocycles. The number of urea groups is 1. The van der Waals surface area contributed by atoms with Gasteiger partial charge >= 0.3 is 6.03 Å². The maximum absolute atomic E-state index is 13.6. The second-order valence-electron chi connectivity index (χ2n) is 8.87. The zero-order valence-electron chi connectivity index (χ0n) is 17.9. The van der Waals surface area contributed by atoms with Gasteiger partial charge in [0.25, 0.3) is 11.8 Å². The number of likely N-dealkylation sites (tertiary alicyclic amines) is 1. The number of rotatable bonds is 5. The third kappa shape index (κ3) is 4.05. The maximum atomic E-state index is 13.6. The number of amides is 4. The highest BCUT2D eigenvalue weighted by Crippen LogP contribution is 2.35. The van der Waals surface area contributed by atoms with Crippen LogP contribution in [0.5, 0.6) is 0 Å². The molecule has 0 radical (unpaired) electrons. The molecular weight excluding hydrogens is 392 g/mol. The van der Waals surface area contributed by atoms with E-state index in [1.165, 1.54) is 4.90 Å². The minimum Gasteiger partial charge on any atom is -0.327 e. The number of nitrogens with one attached hydrogen (secondary N) is 3. The van der Waals surface area contributed by atoms with Crippen molar-refractivity contribution in [2.24, 2.45) is 11.8 Å². The topological polar surface area (TPSA) is 82.9 Å². The summed E-state index contributed by atoms with van der Waals surface area (Å²) in [5.74, 6) is 0.245. The lowest BCUT2D eigenvalue weighted by atomic mass is 9.83. The Balaban J connectivity index is 1.57. The fourth-order valence-corrected chi connectivity index (χ4v) is 5.02. The quantitative estimate of drug-likeness (QED) is 0.632. The van der Waals surface area contributed by atoms with Crippen molar-refractivity contribution in [2.75, 3.05) is 19.6 Å². The van der Waals surface area contributed by atoms with Crippen molar-refractivity contribution in [3.05, 3.63) is 71.8 Å². The molecule has 2 aliphatic rings. The van der Waals surface area contributed by atoms with Gasteiger partial charge in [-0.3, -0.25) is 15.0 Å². The third-order valence-electron chi connectivity index (χ3n) is 6.16. The average Bonchev–Trinajstić information content (AvgIpc) is 3.00. The number of imide groups is 1. The van der Waals surface area contributed by atoms with Crippen LogP contribution in [0, 0.1) is 11.8 Å². The van der Waals surface area contributed by atoms with Crippen molar-refractivity contribution in [2.45, 2.75) is 25.8 Å². The molecule has 3 N–H and O–H groups in total. The van der Waals surface area contributed by atoms with E-state index in [0.717, 1.165) is 24.5 Å². The van der Waals surface area contributed by atoms with Crippen molar-refractivity contribution in [3.8, 4) is 0 Å². The van der Waals surface area contributed by atoms with E-state index in [1.807, 2.05) is 36.4 Å². The van der Waals surface area contributed by atoms with Crippen LogP contribution in [0.2, 0.25) is 0 Å². The maximum Gasteiger partial charge on any atom is 0.344 e. The zero-order chi connectivity index (χ0) is 22.0. The van der Waals surface area contributed by atoms with Gasteiger partial charge in [-0.25, -0.2) is 4.79 Å². The van der Waals surface area contributed by atoms with E-state index in [2.05, 4.69) is 24.6 Å². The van der Waals surface area contributed by atoms with Gasteiger partial charge in [0, 0.05) is 11.8 Å². The summed E-state index contributed by atoms with van der Waals surface area (Å²) >= 11 is 0. The van der Waals surface area contributed by atoms with Crippen molar-refractivity contribution < 1.29 is 19.3 Å². The van der Waals surface area contributed by atoms with Crippen LogP contribution in [0.4, 0.5) is 4.79 Å². The largest absolute Gasteiger partial charge is 0.344 e. The Hall–Kier alpha value is -3.19. The second kappa shape index (κ2) is 8.51. The molecule has 4 rings (SSSR count). The van der Waals surface area contributed by atoms with Crippen LogP contribution < -0.4 is 15.6 Å². The van der Waals surface area contributed by atoms with Crippen molar-refractivity contribution in [3.63, 3.8) is 0 Å². The van der Waals surface area contributed by atoms with Crippen LogP contribution in [0.1, 0.15) is 31.4 Å². The van der Waals surface area contributed by atoms with Gasteiger partial charge in [-0.1, -0.05) is 74.5 Å². The highest BCUT2D eigenvalue weighted by molar-refractivity contribution is 6.10. The van der Waals surface area contributed by atoms with E-state index in [4.69, 9.17) is 0 Å². The molecule has 2 heterocycles. The van der Waals surface area contributed by atoms with E-state index >= 15 is 0 Å². The van der Waals surface area contributed by atoms with Crippen molar-refractivity contribution >= 4 is 17.8 Å². The van der Waals surface area contributed by atoms with E-state index in [1.54, 1.807) is 24.3 Å². The molecule has 7 nitrogen and oxygen atoms in total. The van der Waals surface area contributed by atoms with Crippen LogP contribution in [0.15, 0.2) is 60.7 Å². The van der Waals surface area contributed by atoms with Gasteiger partial charge in [-0.05, 0) is 17.5 Å². The summed E-state index contributed by atoms with van der Waals surface area (Å²) in [6.07, 6.45) is 1.16. The molecule has 0 bridgehead atoms. The van der Waals surface area contributed by atoms with Gasteiger partial charge in [0.2, 0.25) is 0 Å². The lowest BCUT2D eigenvalue weighted by Crippen LogP contribution is -3.15. The van der Waals surface area contributed by atoms with Crippen LogP contribution in [0.25, 0.3) is 0 Å². The molecule has 2 fully saturated rings. The number of hydrogen-bond donors (Lipinski definition) is 3. The first kappa shape index (κ1) is 21.1. The van der Waals surface area contributed by atoms with Crippen LogP contribution in [-0.4, -0.2) is 42.5 Å². The zero-order valence-corrected chi connectivity index (χ0v) is 17.9. The predicted octanol–water partition coefficient (Wildman–Crippen LogP) is 1.07. The van der Waals surface area contributed by atoms with Gasteiger partial charge in [0.1, 0.15) is 0 Å². The number of nitrogens with zero attached hydrogens (tertiary/aromatic N) is 1. The molecule has 2 saturated heterocycles. The summed E-state index contributed by atoms with van der Waals surface area (Å²) in [6, 6.07) is 17.6. The van der Waals surface area contributed by atoms with E-state index in [9.17, 15) is 14.4 Å². The summed E-state index contributed by atoms with van der Waals surface area (Å²) < 4.78 is 0. The molecule has 2 atom stereocenters. The number of carbonyl (C=O) groups excluding carboxylic acids is 3. The number of carbonyl (C=O) groups is 3. The molecule has 2 aromatic rings. The molecule has 0 spiro atoms. The summed E-state index contributed by atoms with van der Waals surface area (Å²) in [4.78, 5) is 40.4. The number of piperidine rings is 1. The molecule has 0 saturated carbocycles. The molecule has 31 heavy (non-hydrogen) atoms. The summed E-state index contributed by atoms with van der Waals surface area (Å²) in [5.41, 5.74) is 2.46. The third-order valence-corrected chi connectivity index (χ3v) is 6.16. The normalized spacial score (nSPS) is 25.2. The highest BCUT2D eigenvalue weighted by Gasteiger charge is 2.54. The number of hydrazine groups is 1. The first-order valence-corrected chi connectivity index (χ1v) is 10.8. The number of benzene rings is 2. The summed E-state index contributed by atoms with van der Waals surface area (Å²) in [5, 5.41) is 3.67. The molecule has 0 aliphatic carbocycles. The van der Waals surface area contributed by atoms with E-state index in [-0.39, 0.29) is 12.5 Å². The summed E-state index contributed by atoms with van der Waals surface area (Å²) in [6.45, 7) is 6.44. The molecule has 0 unspecified atom stereocenters. The first-order valence-electron chi connectivity index (χ1n) is 10.8. The minimum absolute atomic E-state index is 0.232. The highest BCUT2D eigenvalue weighted by atomic mass is 16.2. The van der Waals surface area contributed by atoms with E-state index in [0.29, 0.717) is 23.0 Å². The van der Waals surface area contributed by atoms with Crippen LogP contribution in [-0.2, 0) is 15.1 Å². The van der Waals surface area contributed by atoms with E-state index < -0.39 is 17.5 Å². The summed E-state index contributed by atoms with van der Waals surface area (Å²) in [7, 11) is 0. The van der Waals surface area contributed by atoms with Gasteiger partial charge in [-0.15, -0.1) is 0 Å². The van der Waals surface area contributed by atoms with Gasteiger partial charge in [0.05, 0.1) is 13.1 Å². The molecule has 0 aromatic heterocycles. The molecule has 4 amide bonds. The number of hydrogen-bond acceptors (Lipinski definition) is 3. The standard InChI is InChI=1S/C24H28N4O3/c1-17-13-18(2)15-27(14-17)16-21(29)26-28-22(30)24(25-23(28)31,19-9-5-3-6-10-19)20-11-7-4-8-12-20/h3-12,17-18H,13-16H2,1-2H3,(H,25,31)(H,26,29)/p+1/t17-,18-/m1/s1. The van der Waals surface area contributed by atoms with Gasteiger partial charge in [-0.2, -0.15) is 5.01 Å². The van der Waals surface area contributed by atoms with Gasteiger partial charge < -0.3 is 10.2 Å². The Bertz CT molecular complexity index is 914. The Morgan fingerprint density at radius 2 is 1.52 bits per heavy atom. The lowest BCUT2D eigenvalue weighted by Gasteiger charge is -2.31. The fourth-order valence-electron chi connectivity index (χ4n) is 5.02. The lowest BCUT2D eigenvalue weighted by molar-refractivity contribution is -0.904. The predicted molar refractivity (Wildman–Crippen MR) is 116 cm³/mol. The Morgan fingerprint density at radius 1 is 1.00 bits per heavy atom. The average molecular weight is 422 g/mol. The monoisotopic (exact) mass is 421 g/mol. The Kier molecular flexibility index (Phi) is 5.78. The molecular formula is C24H29N4O3+. The van der Waals surface area contributed by atoms with Crippen molar-refractivity contribution in [1.29, 1.82) is 0 Å². The Morgan fingerprint density at radius 3 is 2.03 bits per heavy atom.